The minimum Gasteiger partial charge on any atom is -0.440 e. The van der Waals surface area contributed by atoms with E-state index in [2.05, 4.69) is 41.0 Å². The van der Waals surface area contributed by atoms with Crippen LogP contribution in [0.25, 0.3) is 0 Å². The van der Waals surface area contributed by atoms with Gasteiger partial charge in [-0.3, -0.25) is 9.97 Å². The predicted molar refractivity (Wildman–Crippen MR) is 110 cm³/mol. The van der Waals surface area contributed by atoms with E-state index in [9.17, 15) is 5.26 Å². The van der Waals surface area contributed by atoms with Gasteiger partial charge in [-0.1, -0.05) is 12.1 Å². The van der Waals surface area contributed by atoms with Gasteiger partial charge in [0.15, 0.2) is 0 Å². The second-order valence-electron chi connectivity index (χ2n) is 7.52. The highest BCUT2D eigenvalue weighted by molar-refractivity contribution is 5.54. The van der Waals surface area contributed by atoms with Gasteiger partial charge in [0.25, 0.3) is 0 Å². The fourth-order valence-corrected chi connectivity index (χ4v) is 3.83. The van der Waals surface area contributed by atoms with E-state index in [0.29, 0.717) is 24.6 Å². The van der Waals surface area contributed by atoms with Crippen LogP contribution >= 0.6 is 0 Å². The number of hydrogen-bond acceptors (Lipinski definition) is 6. The zero-order valence-electron chi connectivity index (χ0n) is 16.5. The van der Waals surface area contributed by atoms with Crippen LogP contribution in [0.5, 0.6) is 0 Å². The normalized spacial score (nSPS) is 18.9. The van der Waals surface area contributed by atoms with Gasteiger partial charge in [-0.15, -0.1) is 0 Å². The fraction of sp³-hybridized carbons (Fsp3) is 0.261. The summed E-state index contributed by atoms with van der Waals surface area (Å²) in [6.45, 7) is 4.98. The molecule has 6 heteroatoms. The first-order valence-electron chi connectivity index (χ1n) is 9.64. The summed E-state index contributed by atoms with van der Waals surface area (Å²) in [5.74, 6) is 0.655. The minimum atomic E-state index is -0.267. The SMILES string of the molecule is CC(C)N1C=C(Cc2cccnc2)C2=C(C1)C(c1cccnc1)C(C#N)=C(N)O2. The number of allylic oxidation sites excluding steroid dienone is 2. The molecule has 0 aromatic carbocycles. The molecule has 29 heavy (non-hydrogen) atoms. The number of nitrogens with zero attached hydrogens (tertiary/aromatic N) is 4. The molecule has 2 N–H and O–H groups in total. The van der Waals surface area contributed by atoms with Crippen molar-refractivity contribution < 1.29 is 4.74 Å². The van der Waals surface area contributed by atoms with E-state index < -0.39 is 0 Å². The van der Waals surface area contributed by atoms with Gasteiger partial charge in [0.2, 0.25) is 5.88 Å². The maximum Gasteiger partial charge on any atom is 0.205 e. The summed E-state index contributed by atoms with van der Waals surface area (Å²) in [4.78, 5) is 10.8. The maximum absolute atomic E-state index is 9.81. The van der Waals surface area contributed by atoms with Gasteiger partial charge in [-0.05, 0) is 37.1 Å². The summed E-state index contributed by atoms with van der Waals surface area (Å²) in [7, 11) is 0. The second-order valence-corrected chi connectivity index (χ2v) is 7.52. The number of rotatable bonds is 4. The lowest BCUT2D eigenvalue weighted by molar-refractivity contribution is 0.250. The van der Waals surface area contributed by atoms with Crippen molar-refractivity contribution in [2.24, 2.45) is 5.73 Å². The Hall–Kier alpha value is -3.59. The molecule has 2 aliphatic rings. The summed E-state index contributed by atoms with van der Waals surface area (Å²) in [6, 6.07) is 10.4. The van der Waals surface area contributed by atoms with Crippen molar-refractivity contribution in [1.29, 1.82) is 5.26 Å². The van der Waals surface area contributed by atoms with Crippen LogP contribution in [-0.2, 0) is 11.2 Å². The Morgan fingerprint density at radius 2 is 2.00 bits per heavy atom. The third-order valence-corrected chi connectivity index (χ3v) is 5.29. The van der Waals surface area contributed by atoms with Gasteiger partial charge in [0.1, 0.15) is 17.4 Å². The summed E-state index contributed by atoms with van der Waals surface area (Å²) in [5.41, 5.74) is 10.7. The molecule has 4 rings (SSSR count). The summed E-state index contributed by atoms with van der Waals surface area (Å²) in [6.07, 6.45) is 9.96. The van der Waals surface area contributed by atoms with Crippen LogP contribution in [0, 0.1) is 11.3 Å². The highest BCUT2D eigenvalue weighted by atomic mass is 16.5. The maximum atomic E-state index is 9.81. The Kier molecular flexibility index (Phi) is 5.05. The molecule has 146 valence electrons. The molecule has 0 spiro atoms. The first kappa shape index (κ1) is 18.8. The number of nitrogens with two attached hydrogens (primary N) is 1. The van der Waals surface area contributed by atoms with Crippen LogP contribution in [0.3, 0.4) is 0 Å². The molecule has 0 amide bonds. The summed E-state index contributed by atoms with van der Waals surface area (Å²) < 4.78 is 6.04. The molecule has 1 atom stereocenters. The van der Waals surface area contributed by atoms with E-state index in [1.54, 1.807) is 18.6 Å². The van der Waals surface area contributed by atoms with Crippen molar-refractivity contribution in [1.82, 2.24) is 14.9 Å². The molecule has 0 radical (unpaired) electrons. The molecule has 2 aromatic heterocycles. The molecule has 1 unspecified atom stereocenters. The molecule has 0 fully saturated rings. The average molecular weight is 385 g/mol. The van der Waals surface area contributed by atoms with Crippen molar-refractivity contribution >= 4 is 0 Å². The van der Waals surface area contributed by atoms with Gasteiger partial charge >= 0.3 is 0 Å². The van der Waals surface area contributed by atoms with Gasteiger partial charge in [-0.2, -0.15) is 5.26 Å². The van der Waals surface area contributed by atoms with E-state index in [4.69, 9.17) is 10.5 Å². The lowest BCUT2D eigenvalue weighted by Gasteiger charge is -2.38. The van der Waals surface area contributed by atoms with Crippen LogP contribution in [0.1, 0.15) is 30.9 Å². The molecule has 4 heterocycles. The average Bonchev–Trinajstić information content (AvgIpc) is 2.74. The van der Waals surface area contributed by atoms with E-state index in [1.165, 1.54) is 0 Å². The van der Waals surface area contributed by atoms with Crippen molar-refractivity contribution in [2.45, 2.75) is 32.2 Å². The lowest BCUT2D eigenvalue weighted by Crippen LogP contribution is -2.36. The smallest absolute Gasteiger partial charge is 0.205 e. The minimum absolute atomic E-state index is 0.162. The number of aromatic nitrogens is 2. The van der Waals surface area contributed by atoms with Crippen molar-refractivity contribution in [3.63, 3.8) is 0 Å². The fourth-order valence-electron chi connectivity index (χ4n) is 3.83. The molecule has 2 aromatic rings. The summed E-state index contributed by atoms with van der Waals surface area (Å²) >= 11 is 0. The third kappa shape index (κ3) is 3.59. The van der Waals surface area contributed by atoms with Crippen molar-refractivity contribution in [2.75, 3.05) is 6.54 Å². The number of hydrogen-bond donors (Lipinski definition) is 1. The molecule has 0 saturated heterocycles. The van der Waals surface area contributed by atoms with E-state index in [0.717, 1.165) is 28.0 Å². The summed E-state index contributed by atoms with van der Waals surface area (Å²) in [5, 5.41) is 9.81. The Morgan fingerprint density at radius 1 is 1.24 bits per heavy atom. The van der Waals surface area contributed by atoms with Crippen molar-refractivity contribution in [3.8, 4) is 6.07 Å². The van der Waals surface area contributed by atoms with E-state index in [-0.39, 0.29) is 11.8 Å². The zero-order valence-corrected chi connectivity index (χ0v) is 16.5. The quantitative estimate of drug-likeness (QED) is 0.868. The van der Waals surface area contributed by atoms with Crippen LogP contribution < -0.4 is 5.73 Å². The van der Waals surface area contributed by atoms with Gasteiger partial charge in [0.05, 0.1) is 5.92 Å². The topological polar surface area (TPSA) is 88.1 Å². The molecular formula is C23H23N5O. The largest absolute Gasteiger partial charge is 0.440 e. The highest BCUT2D eigenvalue weighted by Gasteiger charge is 2.37. The molecule has 0 bridgehead atoms. The van der Waals surface area contributed by atoms with Gasteiger partial charge in [0, 0.05) is 61.1 Å². The predicted octanol–water partition coefficient (Wildman–Crippen LogP) is 3.39. The van der Waals surface area contributed by atoms with E-state index >= 15 is 0 Å². The molecule has 6 nitrogen and oxygen atoms in total. The van der Waals surface area contributed by atoms with Crippen LogP contribution in [0.4, 0.5) is 0 Å². The molecule has 0 saturated carbocycles. The molecule has 2 aliphatic heterocycles. The zero-order chi connectivity index (χ0) is 20.4. The second kappa shape index (κ2) is 7.80. The number of nitriles is 1. The lowest BCUT2D eigenvalue weighted by atomic mass is 9.80. The number of ether oxygens (including phenoxy) is 1. The Labute approximate surface area is 170 Å². The van der Waals surface area contributed by atoms with Gasteiger partial charge in [-0.25, -0.2) is 0 Å². The van der Waals surface area contributed by atoms with Crippen molar-refractivity contribution in [3.05, 3.63) is 94.7 Å². The Balaban J connectivity index is 1.83. The first-order valence-corrected chi connectivity index (χ1v) is 9.64. The van der Waals surface area contributed by atoms with Gasteiger partial charge < -0.3 is 15.4 Å². The first-order chi connectivity index (χ1) is 14.1. The van der Waals surface area contributed by atoms with E-state index in [1.807, 2.05) is 30.5 Å². The standard InChI is InChI=1S/C23H23N5O/c1-15(2)28-13-18(9-16-5-3-7-26-11-16)22-20(14-28)21(17-6-4-8-27-12-17)19(10-24)23(25)29-22/h3-8,11-13,15,21H,9,14,25H2,1-2H3. The molecule has 0 aliphatic carbocycles. The van der Waals surface area contributed by atoms with Crippen LogP contribution in [0.15, 0.2) is 83.6 Å². The molecular weight excluding hydrogens is 362 g/mol. The highest BCUT2D eigenvalue weighted by Crippen LogP contribution is 2.43. The van der Waals surface area contributed by atoms with Crippen LogP contribution in [0.2, 0.25) is 0 Å². The Bertz CT molecular complexity index is 1030. The third-order valence-electron chi connectivity index (χ3n) is 5.29. The Morgan fingerprint density at radius 3 is 2.62 bits per heavy atom. The number of pyridine rings is 2. The monoisotopic (exact) mass is 385 g/mol. The van der Waals surface area contributed by atoms with Crippen LogP contribution in [-0.4, -0.2) is 27.5 Å².